The monoisotopic (exact) mass is 432 g/mol. The number of amides is 1. The number of rotatable bonds is 8. The summed E-state index contributed by atoms with van der Waals surface area (Å²) in [6.07, 6.45) is 1.33. The summed E-state index contributed by atoms with van der Waals surface area (Å²) >= 11 is 11.9. The average molecular weight is 433 g/mol. The van der Waals surface area contributed by atoms with E-state index in [0.717, 1.165) is 16.1 Å². The Hall–Kier alpha value is -1.83. The summed E-state index contributed by atoms with van der Waals surface area (Å²) < 4.78 is 38.8. The van der Waals surface area contributed by atoms with Gasteiger partial charge in [-0.25, -0.2) is 12.8 Å². The van der Waals surface area contributed by atoms with Crippen LogP contribution in [0.4, 0.5) is 10.1 Å². The number of hydrogen-bond donors (Lipinski definition) is 1. The van der Waals surface area contributed by atoms with E-state index < -0.39 is 15.8 Å². The molecule has 0 aromatic heterocycles. The smallest absolute Gasteiger partial charge is 0.232 e. The van der Waals surface area contributed by atoms with E-state index in [1.54, 1.807) is 24.3 Å². The third kappa shape index (κ3) is 6.37. The first kappa shape index (κ1) is 21.5. The molecule has 0 saturated heterocycles. The molecule has 2 rings (SSSR count). The Kier molecular flexibility index (Phi) is 7.47. The lowest BCUT2D eigenvalue weighted by molar-refractivity contribution is -0.121. The van der Waals surface area contributed by atoms with E-state index in [4.69, 9.17) is 23.2 Å². The minimum atomic E-state index is -3.67. The van der Waals surface area contributed by atoms with E-state index >= 15 is 0 Å². The molecule has 0 atom stereocenters. The van der Waals surface area contributed by atoms with Gasteiger partial charge in [0, 0.05) is 29.6 Å². The molecule has 0 aliphatic rings. The van der Waals surface area contributed by atoms with Crippen molar-refractivity contribution in [2.24, 2.45) is 0 Å². The zero-order chi connectivity index (χ0) is 20.0. The number of sulfonamides is 1. The van der Waals surface area contributed by atoms with Gasteiger partial charge >= 0.3 is 0 Å². The highest BCUT2D eigenvalue weighted by molar-refractivity contribution is 7.92. The summed E-state index contributed by atoms with van der Waals surface area (Å²) in [5.74, 6) is -0.896. The zero-order valence-electron chi connectivity index (χ0n) is 14.6. The largest absolute Gasteiger partial charge is 0.352 e. The predicted molar refractivity (Wildman–Crippen MR) is 106 cm³/mol. The van der Waals surface area contributed by atoms with Crippen LogP contribution in [-0.2, 0) is 21.4 Å². The fraction of sp³-hybridized carbons (Fsp3) is 0.278. The Morgan fingerprint density at radius 2 is 1.89 bits per heavy atom. The highest BCUT2D eigenvalue weighted by atomic mass is 35.5. The third-order valence-electron chi connectivity index (χ3n) is 3.78. The number of carbonyl (C=O) groups is 1. The normalized spacial score (nSPS) is 11.3. The molecule has 0 bridgehead atoms. The van der Waals surface area contributed by atoms with Crippen molar-refractivity contribution in [3.63, 3.8) is 0 Å². The van der Waals surface area contributed by atoms with Gasteiger partial charge in [0.1, 0.15) is 5.82 Å². The molecule has 1 N–H and O–H groups in total. The molecule has 0 spiro atoms. The van der Waals surface area contributed by atoms with Gasteiger partial charge in [-0.1, -0.05) is 41.4 Å². The Labute approximate surface area is 168 Å². The Balaban J connectivity index is 1.91. The molecule has 5 nitrogen and oxygen atoms in total. The molecular weight excluding hydrogens is 414 g/mol. The van der Waals surface area contributed by atoms with Crippen LogP contribution in [-0.4, -0.2) is 27.1 Å². The molecule has 27 heavy (non-hydrogen) atoms. The van der Waals surface area contributed by atoms with Crippen molar-refractivity contribution in [2.75, 3.05) is 17.1 Å². The number of hydrogen-bond acceptors (Lipinski definition) is 3. The number of halogens is 3. The molecular formula is C18H19Cl2FN2O3S. The summed E-state index contributed by atoms with van der Waals surface area (Å²) in [6.45, 7) is 0.229. The van der Waals surface area contributed by atoms with Crippen molar-refractivity contribution in [2.45, 2.75) is 19.4 Å². The number of anilines is 1. The van der Waals surface area contributed by atoms with Gasteiger partial charge in [-0.15, -0.1) is 0 Å². The minimum absolute atomic E-state index is 0.00507. The van der Waals surface area contributed by atoms with Gasteiger partial charge in [-0.2, -0.15) is 0 Å². The Morgan fingerprint density at radius 1 is 1.19 bits per heavy atom. The van der Waals surface area contributed by atoms with Crippen LogP contribution in [0.3, 0.4) is 0 Å². The first-order valence-electron chi connectivity index (χ1n) is 8.11. The molecule has 1 amide bonds. The predicted octanol–water partition coefficient (Wildman–Crippen LogP) is 4.00. The van der Waals surface area contributed by atoms with E-state index in [1.165, 1.54) is 18.2 Å². The standard InChI is InChI=1S/C18H19Cl2FN2O3S/c1-27(25,26)23(17-6-3-2-5-16(17)21)10-4-7-18(24)22-12-13-8-9-14(19)11-15(13)20/h2-3,5-6,8-9,11H,4,7,10,12H2,1H3,(H,22,24). The SMILES string of the molecule is CS(=O)(=O)N(CCCC(=O)NCc1ccc(Cl)cc1Cl)c1ccccc1F. The molecule has 146 valence electrons. The van der Waals surface area contributed by atoms with E-state index in [-0.39, 0.29) is 37.5 Å². The summed E-state index contributed by atoms with van der Waals surface area (Å²) in [6, 6.07) is 10.6. The maximum atomic E-state index is 13.9. The van der Waals surface area contributed by atoms with Gasteiger partial charge in [-0.3, -0.25) is 9.10 Å². The van der Waals surface area contributed by atoms with E-state index in [2.05, 4.69) is 5.32 Å². The van der Waals surface area contributed by atoms with Gasteiger partial charge in [0.05, 0.1) is 11.9 Å². The summed E-state index contributed by atoms with van der Waals surface area (Å²) in [5, 5.41) is 3.67. The molecule has 2 aromatic rings. The lowest BCUT2D eigenvalue weighted by atomic mass is 10.2. The van der Waals surface area contributed by atoms with Gasteiger partial charge in [0.15, 0.2) is 0 Å². The van der Waals surface area contributed by atoms with Crippen LogP contribution < -0.4 is 9.62 Å². The number of nitrogens with one attached hydrogen (secondary N) is 1. The van der Waals surface area contributed by atoms with Crippen molar-refractivity contribution >= 4 is 44.8 Å². The lowest BCUT2D eigenvalue weighted by Crippen LogP contribution is -2.32. The number of carbonyl (C=O) groups excluding carboxylic acids is 1. The van der Waals surface area contributed by atoms with Crippen molar-refractivity contribution in [1.29, 1.82) is 0 Å². The maximum Gasteiger partial charge on any atom is 0.232 e. The molecule has 0 radical (unpaired) electrons. The van der Waals surface area contributed by atoms with Crippen LogP contribution in [0.2, 0.25) is 10.0 Å². The van der Waals surface area contributed by atoms with E-state index in [9.17, 15) is 17.6 Å². The number of para-hydroxylation sites is 1. The second-order valence-electron chi connectivity index (χ2n) is 5.90. The van der Waals surface area contributed by atoms with E-state index in [1.807, 2.05) is 0 Å². The molecule has 0 unspecified atom stereocenters. The lowest BCUT2D eigenvalue weighted by Gasteiger charge is -2.22. The van der Waals surface area contributed by atoms with Gasteiger partial charge < -0.3 is 5.32 Å². The summed E-state index contributed by atoms with van der Waals surface area (Å²) in [5.41, 5.74) is 0.687. The molecule has 0 saturated carbocycles. The molecule has 0 fully saturated rings. The van der Waals surface area contributed by atoms with Crippen molar-refractivity contribution in [1.82, 2.24) is 5.32 Å². The molecule has 9 heteroatoms. The Bertz CT molecular complexity index is 923. The van der Waals surface area contributed by atoms with Crippen molar-refractivity contribution in [3.8, 4) is 0 Å². The molecule has 0 aliphatic heterocycles. The highest BCUT2D eigenvalue weighted by Crippen LogP contribution is 2.22. The first-order valence-corrected chi connectivity index (χ1v) is 10.7. The quantitative estimate of drug-likeness (QED) is 0.685. The second-order valence-corrected chi connectivity index (χ2v) is 8.65. The van der Waals surface area contributed by atoms with Crippen LogP contribution in [0, 0.1) is 5.82 Å². The fourth-order valence-electron chi connectivity index (χ4n) is 2.45. The van der Waals surface area contributed by atoms with Crippen LogP contribution in [0.15, 0.2) is 42.5 Å². The molecule has 0 heterocycles. The summed E-state index contributed by atoms with van der Waals surface area (Å²) in [7, 11) is -3.67. The zero-order valence-corrected chi connectivity index (χ0v) is 16.9. The highest BCUT2D eigenvalue weighted by Gasteiger charge is 2.20. The topological polar surface area (TPSA) is 66.5 Å². The second kappa shape index (κ2) is 9.39. The number of benzene rings is 2. The van der Waals surface area contributed by atoms with Crippen molar-refractivity contribution < 1.29 is 17.6 Å². The van der Waals surface area contributed by atoms with Crippen LogP contribution in [0.5, 0.6) is 0 Å². The van der Waals surface area contributed by atoms with Crippen LogP contribution in [0.1, 0.15) is 18.4 Å². The van der Waals surface area contributed by atoms with Crippen LogP contribution >= 0.6 is 23.2 Å². The van der Waals surface area contributed by atoms with E-state index in [0.29, 0.717) is 10.0 Å². The van der Waals surface area contributed by atoms with Gasteiger partial charge in [0.2, 0.25) is 15.9 Å². The minimum Gasteiger partial charge on any atom is -0.352 e. The van der Waals surface area contributed by atoms with Gasteiger partial charge in [-0.05, 0) is 36.2 Å². The third-order valence-corrected chi connectivity index (χ3v) is 5.54. The number of nitrogens with zero attached hydrogens (tertiary/aromatic N) is 1. The maximum absolute atomic E-state index is 13.9. The first-order chi connectivity index (χ1) is 12.7. The molecule has 2 aromatic carbocycles. The average Bonchev–Trinajstić information content (AvgIpc) is 2.58. The molecule has 0 aliphatic carbocycles. The van der Waals surface area contributed by atoms with Gasteiger partial charge in [0.25, 0.3) is 0 Å². The summed E-state index contributed by atoms with van der Waals surface area (Å²) in [4.78, 5) is 12.0. The fourth-order valence-corrected chi connectivity index (χ4v) is 3.89. The van der Waals surface area contributed by atoms with Crippen LogP contribution in [0.25, 0.3) is 0 Å². The Morgan fingerprint density at radius 3 is 2.52 bits per heavy atom. The van der Waals surface area contributed by atoms with Crippen molar-refractivity contribution in [3.05, 3.63) is 63.9 Å².